The van der Waals surface area contributed by atoms with E-state index >= 15 is 0 Å². The van der Waals surface area contributed by atoms with E-state index in [1.54, 1.807) is 53.6 Å². The van der Waals surface area contributed by atoms with Crippen LogP contribution in [0.25, 0.3) is 0 Å². The van der Waals surface area contributed by atoms with Crippen LogP contribution in [0.1, 0.15) is 34.6 Å². The molecule has 2 atom stereocenters. The van der Waals surface area contributed by atoms with Crippen LogP contribution < -0.4 is 0 Å². The van der Waals surface area contributed by atoms with E-state index < -0.39 is 21.1 Å². The third kappa shape index (κ3) is 6.44. The fourth-order valence-corrected chi connectivity index (χ4v) is 5.73. The van der Waals surface area contributed by atoms with Gasteiger partial charge in [-0.1, -0.05) is 0 Å². The van der Waals surface area contributed by atoms with Crippen LogP contribution in [0.5, 0.6) is 0 Å². The summed E-state index contributed by atoms with van der Waals surface area (Å²) in [5, 5.41) is 0. The average Bonchev–Trinajstić information content (AvgIpc) is 2.12. The molecule has 0 aromatic rings. The monoisotopic (exact) mass is 314 g/mol. The predicted molar refractivity (Wildman–Crippen MR) is 76.8 cm³/mol. The lowest BCUT2D eigenvalue weighted by Gasteiger charge is -2.26. The Bertz CT molecular complexity index is 319. The van der Waals surface area contributed by atoms with Crippen molar-refractivity contribution < 1.29 is 22.7 Å². The molecule has 0 bridgehead atoms. The number of rotatable bonds is 9. The van der Waals surface area contributed by atoms with Gasteiger partial charge in [-0.2, -0.15) is 0 Å². The van der Waals surface area contributed by atoms with Crippen LogP contribution >= 0.6 is 15.6 Å². The lowest BCUT2D eigenvalue weighted by molar-refractivity contribution is 0.129. The molecule has 0 saturated heterocycles. The summed E-state index contributed by atoms with van der Waals surface area (Å²) in [6, 6.07) is 0. The van der Waals surface area contributed by atoms with Gasteiger partial charge in [-0.3, -0.25) is 9.46 Å². The summed E-state index contributed by atoms with van der Waals surface area (Å²) >= 11 is 0. The zero-order chi connectivity index (χ0) is 15.2. The van der Waals surface area contributed by atoms with Crippen LogP contribution in [0, 0.1) is 0 Å². The van der Waals surface area contributed by atoms with Crippen molar-refractivity contribution in [2.75, 3.05) is 20.7 Å². The molecule has 0 rings (SSSR count). The molecule has 0 radical (unpaired) electrons. The van der Waals surface area contributed by atoms with Crippen molar-refractivity contribution in [2.24, 2.45) is 0 Å². The Kier molecular flexibility index (Phi) is 8.53. The second-order valence-electron chi connectivity index (χ2n) is 4.86. The van der Waals surface area contributed by atoms with Crippen molar-refractivity contribution in [2.45, 2.75) is 52.4 Å². The summed E-state index contributed by atoms with van der Waals surface area (Å²) in [6.45, 7) is 9.06. The highest BCUT2D eigenvalue weighted by atomic mass is 31.2. The highest BCUT2D eigenvalue weighted by Crippen LogP contribution is 2.63. The number of hydrogen-bond acceptors (Lipinski definition) is 6. The first kappa shape index (κ1) is 19.2. The van der Waals surface area contributed by atoms with Crippen molar-refractivity contribution in [1.82, 2.24) is 4.90 Å². The zero-order valence-electron chi connectivity index (χ0n) is 12.8. The third-order valence-electron chi connectivity index (χ3n) is 1.91. The smallest absolute Gasteiger partial charge is 0.302 e. The van der Waals surface area contributed by atoms with Gasteiger partial charge in [-0.05, 0) is 53.3 Å². The number of nitrogens with zero attached hydrogens (tertiary/aromatic N) is 1. The van der Waals surface area contributed by atoms with Gasteiger partial charge in [0.15, 0.2) is 0 Å². The molecule has 8 heteroatoms. The maximum Gasteiger partial charge on any atom is 0.540 e. The van der Waals surface area contributed by atoms with E-state index in [2.05, 4.69) is 0 Å². The highest BCUT2D eigenvalue weighted by molar-refractivity contribution is 7.67. The Morgan fingerprint density at radius 2 is 1.53 bits per heavy atom. The van der Waals surface area contributed by atoms with Gasteiger partial charge in [0.05, 0.1) is 18.8 Å². The van der Waals surface area contributed by atoms with Gasteiger partial charge in [-0.25, -0.2) is 0 Å². The fraction of sp³-hybridized carbons (Fsp3) is 1.00. The van der Waals surface area contributed by atoms with Gasteiger partial charge in [0, 0.05) is 0 Å². The molecule has 2 unspecified atom stereocenters. The van der Waals surface area contributed by atoms with E-state index in [-0.39, 0.29) is 18.8 Å². The van der Waals surface area contributed by atoms with Gasteiger partial charge in [0.2, 0.25) is 0 Å². The van der Waals surface area contributed by atoms with Crippen molar-refractivity contribution >= 4 is 15.6 Å². The molecule has 0 aromatic carbocycles. The molecular weight excluding hydrogens is 288 g/mol. The van der Waals surface area contributed by atoms with Gasteiger partial charge in [-0.15, -0.1) is 4.52 Å². The zero-order valence-corrected chi connectivity index (χ0v) is 14.6. The summed E-state index contributed by atoms with van der Waals surface area (Å²) in [5.74, 6) is 0. The molecule has 0 fully saturated rings. The van der Waals surface area contributed by atoms with Gasteiger partial charge < -0.3 is 9.05 Å². The molecule has 0 heterocycles. The molecule has 0 aliphatic heterocycles. The molecule has 6 nitrogen and oxygen atoms in total. The Labute approximate surface area is 117 Å². The minimum absolute atomic E-state index is 0.281. The van der Waals surface area contributed by atoms with Gasteiger partial charge in [0.25, 0.3) is 0 Å². The van der Waals surface area contributed by atoms with Crippen molar-refractivity contribution in [1.29, 1.82) is 0 Å². The quantitative estimate of drug-likeness (QED) is 0.605. The summed E-state index contributed by atoms with van der Waals surface area (Å²) in [7, 11) is -2.38. The Balaban J connectivity index is 5.36. The van der Waals surface area contributed by atoms with Gasteiger partial charge >= 0.3 is 21.1 Å². The van der Waals surface area contributed by atoms with E-state index in [0.717, 1.165) is 0 Å². The first-order chi connectivity index (χ1) is 8.64. The molecular formula is C11H26NO5P2+. The maximum atomic E-state index is 12.9. The summed E-state index contributed by atoms with van der Waals surface area (Å²) in [4.78, 5) is 1.57. The average molecular weight is 314 g/mol. The molecule has 19 heavy (non-hydrogen) atoms. The SMILES string of the molecule is CCO[P+](=O)C(N(C)C)P(=O)(OC(C)C)OC(C)C. The van der Waals surface area contributed by atoms with Crippen LogP contribution in [0.2, 0.25) is 0 Å². The molecule has 0 aliphatic carbocycles. The summed E-state index contributed by atoms with van der Waals surface area (Å²) < 4.78 is 41.1. The topological polar surface area (TPSA) is 65.1 Å². The molecule has 0 amide bonds. The second-order valence-corrected chi connectivity index (χ2v) is 8.58. The fourth-order valence-electron chi connectivity index (χ4n) is 1.50. The van der Waals surface area contributed by atoms with Crippen LogP contribution in [0.3, 0.4) is 0 Å². The second kappa shape index (κ2) is 8.46. The number of hydrogen-bond donors (Lipinski definition) is 0. The largest absolute Gasteiger partial charge is 0.540 e. The van der Waals surface area contributed by atoms with Crippen molar-refractivity contribution in [3.8, 4) is 0 Å². The first-order valence-corrected chi connectivity index (χ1v) is 9.22. The maximum absolute atomic E-state index is 12.9. The lowest BCUT2D eigenvalue weighted by atomic mass is 10.5. The van der Waals surface area contributed by atoms with Crippen LogP contribution in [0.4, 0.5) is 0 Å². The molecule has 0 saturated carbocycles. The predicted octanol–water partition coefficient (Wildman–Crippen LogP) is 3.65. The summed E-state index contributed by atoms with van der Waals surface area (Å²) in [5.41, 5.74) is -0.910. The Hall–Kier alpha value is 0.170. The van der Waals surface area contributed by atoms with E-state index in [1.807, 2.05) is 0 Å². The molecule has 114 valence electrons. The standard InChI is InChI=1S/C11H26NO5P2/c1-8-15-18(13)11(12(6)7)19(14,16-9(2)3)17-10(4)5/h9-11H,8H2,1-7H3/q+1. The molecule has 0 aliphatic rings. The summed E-state index contributed by atoms with van der Waals surface area (Å²) in [6.07, 6.45) is -0.589. The van der Waals surface area contributed by atoms with Crippen molar-refractivity contribution in [3.05, 3.63) is 0 Å². The van der Waals surface area contributed by atoms with Crippen LogP contribution in [0.15, 0.2) is 0 Å². The normalized spacial score (nSPS) is 15.4. The third-order valence-corrected chi connectivity index (χ3v) is 7.13. The Morgan fingerprint density at radius 3 is 1.79 bits per heavy atom. The highest BCUT2D eigenvalue weighted by Gasteiger charge is 2.54. The Morgan fingerprint density at radius 1 is 1.11 bits per heavy atom. The molecule has 0 aromatic heterocycles. The van der Waals surface area contributed by atoms with E-state index in [9.17, 15) is 9.13 Å². The van der Waals surface area contributed by atoms with E-state index in [4.69, 9.17) is 13.6 Å². The molecule has 0 N–H and O–H groups in total. The lowest BCUT2D eigenvalue weighted by Crippen LogP contribution is -2.29. The van der Waals surface area contributed by atoms with Gasteiger partial charge in [0.1, 0.15) is 0 Å². The van der Waals surface area contributed by atoms with Crippen LogP contribution in [-0.4, -0.2) is 43.3 Å². The minimum atomic E-state index is -3.57. The van der Waals surface area contributed by atoms with Crippen molar-refractivity contribution in [3.63, 3.8) is 0 Å². The van der Waals surface area contributed by atoms with Crippen LogP contribution in [-0.2, 0) is 22.7 Å². The van der Waals surface area contributed by atoms with E-state index in [1.165, 1.54) is 0 Å². The van der Waals surface area contributed by atoms with E-state index in [0.29, 0.717) is 0 Å². The first-order valence-electron chi connectivity index (χ1n) is 6.36. The molecule has 0 spiro atoms. The minimum Gasteiger partial charge on any atom is -0.302 e.